The van der Waals surface area contributed by atoms with Crippen LogP contribution in [0.3, 0.4) is 0 Å². The zero-order chi connectivity index (χ0) is 12.8. The first-order valence-electron chi connectivity index (χ1n) is 6.34. The van der Waals surface area contributed by atoms with Gasteiger partial charge in [-0.25, -0.2) is 0 Å². The Morgan fingerprint density at radius 1 is 1.11 bits per heavy atom. The minimum atomic E-state index is -0.205. The maximum absolute atomic E-state index is 11.5. The van der Waals surface area contributed by atoms with Crippen LogP contribution in [-0.2, 0) is 16.0 Å². The summed E-state index contributed by atoms with van der Waals surface area (Å²) < 4.78 is 0. The van der Waals surface area contributed by atoms with Crippen LogP contribution in [0.15, 0.2) is 30.3 Å². The molecule has 1 saturated carbocycles. The molecule has 0 radical (unpaired) electrons. The van der Waals surface area contributed by atoms with Crippen molar-refractivity contribution in [3.63, 3.8) is 0 Å². The van der Waals surface area contributed by atoms with E-state index in [1.54, 1.807) is 0 Å². The van der Waals surface area contributed by atoms with E-state index in [-0.39, 0.29) is 18.2 Å². The number of benzene rings is 1. The zero-order valence-corrected chi connectivity index (χ0v) is 10.3. The van der Waals surface area contributed by atoms with E-state index < -0.39 is 0 Å². The Hall–Kier alpha value is -1.84. The molecule has 0 aliphatic heterocycles. The number of carbonyl (C=O) groups is 2. The quantitative estimate of drug-likeness (QED) is 0.736. The summed E-state index contributed by atoms with van der Waals surface area (Å²) in [5, 5.41) is 5.55. The van der Waals surface area contributed by atoms with Gasteiger partial charge in [0, 0.05) is 12.6 Å². The van der Waals surface area contributed by atoms with Crippen LogP contribution < -0.4 is 10.6 Å². The van der Waals surface area contributed by atoms with Crippen molar-refractivity contribution in [2.45, 2.75) is 31.7 Å². The van der Waals surface area contributed by atoms with Gasteiger partial charge in [-0.2, -0.15) is 0 Å². The molecule has 18 heavy (non-hydrogen) atoms. The van der Waals surface area contributed by atoms with Gasteiger partial charge < -0.3 is 10.6 Å². The first kappa shape index (κ1) is 12.6. The molecule has 2 amide bonds. The van der Waals surface area contributed by atoms with Gasteiger partial charge in [0.25, 0.3) is 0 Å². The summed E-state index contributed by atoms with van der Waals surface area (Å²) in [5.41, 5.74) is 1.18. The lowest BCUT2D eigenvalue weighted by Crippen LogP contribution is -2.33. The second-order valence-electron chi connectivity index (χ2n) is 4.60. The van der Waals surface area contributed by atoms with Crippen molar-refractivity contribution in [3.8, 4) is 0 Å². The second-order valence-corrected chi connectivity index (χ2v) is 4.60. The van der Waals surface area contributed by atoms with E-state index in [4.69, 9.17) is 0 Å². The van der Waals surface area contributed by atoms with E-state index in [2.05, 4.69) is 10.6 Å². The maximum Gasteiger partial charge on any atom is 0.229 e. The van der Waals surface area contributed by atoms with Crippen LogP contribution in [0.1, 0.15) is 24.8 Å². The fraction of sp³-hybridized carbons (Fsp3) is 0.429. The Balaban J connectivity index is 1.60. The summed E-state index contributed by atoms with van der Waals surface area (Å²) in [7, 11) is 0. The summed E-state index contributed by atoms with van der Waals surface area (Å²) in [6.07, 6.45) is 2.81. The lowest BCUT2D eigenvalue weighted by molar-refractivity contribution is -0.129. The van der Waals surface area contributed by atoms with E-state index in [1.165, 1.54) is 5.56 Å². The van der Waals surface area contributed by atoms with Gasteiger partial charge in [-0.1, -0.05) is 30.3 Å². The van der Waals surface area contributed by atoms with Crippen molar-refractivity contribution in [2.75, 3.05) is 6.54 Å². The molecule has 1 aliphatic rings. The monoisotopic (exact) mass is 246 g/mol. The summed E-state index contributed by atoms with van der Waals surface area (Å²) in [4.78, 5) is 22.8. The molecule has 96 valence electrons. The predicted molar refractivity (Wildman–Crippen MR) is 68.9 cm³/mol. The fourth-order valence-electron chi connectivity index (χ4n) is 1.71. The highest BCUT2D eigenvalue weighted by Gasteiger charge is 2.23. The molecular weight excluding hydrogens is 228 g/mol. The first-order valence-corrected chi connectivity index (χ1v) is 6.34. The Morgan fingerprint density at radius 3 is 2.50 bits per heavy atom. The largest absolute Gasteiger partial charge is 0.355 e. The van der Waals surface area contributed by atoms with E-state index in [1.807, 2.05) is 30.3 Å². The summed E-state index contributed by atoms with van der Waals surface area (Å²) in [6, 6.07) is 10.3. The maximum atomic E-state index is 11.5. The number of nitrogens with one attached hydrogen (secondary N) is 2. The third-order valence-electron chi connectivity index (χ3n) is 2.84. The molecule has 0 aromatic heterocycles. The SMILES string of the molecule is O=C(CC(=O)NC1CC1)NCCc1ccccc1. The van der Waals surface area contributed by atoms with Gasteiger partial charge in [0.1, 0.15) is 6.42 Å². The summed E-state index contributed by atoms with van der Waals surface area (Å²) in [5.74, 6) is -0.376. The summed E-state index contributed by atoms with van der Waals surface area (Å²) in [6.45, 7) is 0.569. The minimum absolute atomic E-state index is 0.0642. The summed E-state index contributed by atoms with van der Waals surface area (Å²) >= 11 is 0. The molecule has 1 aromatic carbocycles. The molecule has 4 heteroatoms. The molecule has 1 aromatic rings. The predicted octanol–water partition coefficient (Wildman–Crippen LogP) is 1.01. The van der Waals surface area contributed by atoms with Crippen molar-refractivity contribution in [2.24, 2.45) is 0 Å². The van der Waals surface area contributed by atoms with E-state index in [0.29, 0.717) is 12.6 Å². The van der Waals surface area contributed by atoms with Crippen molar-refractivity contribution >= 4 is 11.8 Å². The minimum Gasteiger partial charge on any atom is -0.355 e. The fourth-order valence-corrected chi connectivity index (χ4v) is 1.71. The van der Waals surface area contributed by atoms with Crippen molar-refractivity contribution in [3.05, 3.63) is 35.9 Å². The highest BCUT2D eigenvalue weighted by atomic mass is 16.2. The van der Waals surface area contributed by atoms with Gasteiger partial charge in [0.2, 0.25) is 11.8 Å². The molecule has 0 unspecified atom stereocenters. The second kappa shape index (κ2) is 6.19. The van der Waals surface area contributed by atoms with Crippen LogP contribution in [0.5, 0.6) is 0 Å². The number of hydrogen-bond donors (Lipinski definition) is 2. The third kappa shape index (κ3) is 4.57. The highest BCUT2D eigenvalue weighted by molar-refractivity contribution is 5.97. The Bertz CT molecular complexity index is 413. The van der Waals surface area contributed by atoms with Crippen LogP contribution in [0, 0.1) is 0 Å². The Labute approximate surface area is 107 Å². The van der Waals surface area contributed by atoms with Gasteiger partial charge in [-0.15, -0.1) is 0 Å². The van der Waals surface area contributed by atoms with Gasteiger partial charge in [0.15, 0.2) is 0 Å². The third-order valence-corrected chi connectivity index (χ3v) is 2.84. The van der Waals surface area contributed by atoms with Crippen LogP contribution in [0.2, 0.25) is 0 Å². The van der Waals surface area contributed by atoms with Gasteiger partial charge >= 0.3 is 0 Å². The number of amides is 2. The average molecular weight is 246 g/mol. The van der Waals surface area contributed by atoms with Gasteiger partial charge in [-0.05, 0) is 24.8 Å². The molecule has 0 spiro atoms. The smallest absolute Gasteiger partial charge is 0.229 e. The molecule has 1 fully saturated rings. The topological polar surface area (TPSA) is 58.2 Å². The molecule has 0 heterocycles. The molecule has 0 saturated heterocycles. The van der Waals surface area contributed by atoms with Crippen molar-refractivity contribution in [1.82, 2.24) is 10.6 Å². The zero-order valence-electron chi connectivity index (χ0n) is 10.3. The lowest BCUT2D eigenvalue weighted by Gasteiger charge is -2.05. The van der Waals surface area contributed by atoms with Crippen LogP contribution >= 0.6 is 0 Å². The first-order chi connectivity index (χ1) is 8.74. The van der Waals surface area contributed by atoms with Crippen molar-refractivity contribution in [1.29, 1.82) is 0 Å². The van der Waals surface area contributed by atoms with Crippen LogP contribution in [0.25, 0.3) is 0 Å². The van der Waals surface area contributed by atoms with E-state index in [0.717, 1.165) is 19.3 Å². The number of carbonyl (C=O) groups excluding carboxylic acids is 2. The van der Waals surface area contributed by atoms with Gasteiger partial charge in [-0.3, -0.25) is 9.59 Å². The molecule has 2 N–H and O–H groups in total. The molecule has 0 atom stereocenters. The Kier molecular flexibility index (Phi) is 4.34. The highest BCUT2D eigenvalue weighted by Crippen LogP contribution is 2.18. The molecule has 1 aliphatic carbocycles. The molecule has 4 nitrogen and oxygen atoms in total. The van der Waals surface area contributed by atoms with Crippen LogP contribution in [0.4, 0.5) is 0 Å². The van der Waals surface area contributed by atoms with Crippen molar-refractivity contribution < 1.29 is 9.59 Å². The number of hydrogen-bond acceptors (Lipinski definition) is 2. The van der Waals surface area contributed by atoms with Gasteiger partial charge in [0.05, 0.1) is 0 Å². The number of rotatable bonds is 6. The Morgan fingerprint density at radius 2 is 1.83 bits per heavy atom. The van der Waals surface area contributed by atoms with Crippen LogP contribution in [-0.4, -0.2) is 24.4 Å². The average Bonchev–Trinajstić information content (AvgIpc) is 3.14. The standard InChI is InChI=1S/C14H18N2O2/c17-13(10-14(18)16-12-6-7-12)15-9-8-11-4-2-1-3-5-11/h1-5,12H,6-10H2,(H,15,17)(H,16,18). The van der Waals surface area contributed by atoms with E-state index in [9.17, 15) is 9.59 Å². The molecule has 2 rings (SSSR count). The molecule has 0 bridgehead atoms. The molecular formula is C14H18N2O2. The lowest BCUT2D eigenvalue weighted by atomic mass is 10.1. The van der Waals surface area contributed by atoms with E-state index >= 15 is 0 Å². The normalized spacial score (nSPS) is 14.0.